The molecule has 0 saturated carbocycles. The topological polar surface area (TPSA) is 38.5 Å². The molecule has 1 saturated heterocycles. The van der Waals surface area contributed by atoms with E-state index in [1.54, 1.807) is 0 Å². The van der Waals surface area contributed by atoms with Crippen LogP contribution in [0.1, 0.15) is 43.5 Å². The lowest BCUT2D eigenvalue weighted by Crippen LogP contribution is -2.55. The maximum Gasteiger partial charge on any atom is 0.0757 e. The molecule has 0 bridgehead atoms. The molecule has 0 radical (unpaired) electrons. The Morgan fingerprint density at radius 3 is 2.63 bits per heavy atom. The summed E-state index contributed by atoms with van der Waals surface area (Å²) in [6.07, 6.45) is 0.256. The van der Waals surface area contributed by atoms with Crippen LogP contribution in [0.25, 0.3) is 0 Å². The first-order chi connectivity index (χ1) is 8.78. The fourth-order valence-electron chi connectivity index (χ4n) is 3.10. The molecule has 4 heteroatoms. The number of nitrogens with two attached hydrogens (primary N) is 1. The molecule has 0 amide bonds. The van der Waals surface area contributed by atoms with Gasteiger partial charge < -0.3 is 10.5 Å². The maximum atomic E-state index is 6.27. The maximum absolute atomic E-state index is 6.27. The minimum Gasteiger partial charge on any atom is -0.370 e. The average Bonchev–Trinajstić information content (AvgIpc) is 2.60. The Morgan fingerprint density at radius 1 is 1.47 bits per heavy atom. The molecule has 0 aliphatic carbocycles. The molecular weight excluding hydrogens is 256 g/mol. The quantitative estimate of drug-likeness (QED) is 0.926. The zero-order valence-corrected chi connectivity index (χ0v) is 13.5. The van der Waals surface area contributed by atoms with Crippen LogP contribution in [0, 0.1) is 6.92 Å². The van der Waals surface area contributed by atoms with E-state index in [9.17, 15) is 0 Å². The SMILES string of the molecule is Cc1ccc(C(C(C)N)N2CC(C)OC(C)(C)C2)s1. The molecule has 1 aromatic rings. The molecule has 0 spiro atoms. The number of thiophene rings is 1. The van der Waals surface area contributed by atoms with Gasteiger partial charge in [0, 0.05) is 28.9 Å². The van der Waals surface area contributed by atoms with E-state index in [4.69, 9.17) is 10.5 Å². The normalized spacial score (nSPS) is 27.2. The van der Waals surface area contributed by atoms with Crippen molar-refractivity contribution in [2.75, 3.05) is 13.1 Å². The van der Waals surface area contributed by atoms with Crippen LogP contribution in [0.5, 0.6) is 0 Å². The monoisotopic (exact) mass is 282 g/mol. The summed E-state index contributed by atoms with van der Waals surface area (Å²) < 4.78 is 6.00. The molecule has 1 aliphatic rings. The first-order valence-corrected chi connectivity index (χ1v) is 7.84. The van der Waals surface area contributed by atoms with Crippen molar-refractivity contribution in [3.63, 3.8) is 0 Å². The van der Waals surface area contributed by atoms with Gasteiger partial charge in [-0.2, -0.15) is 0 Å². The molecule has 0 aromatic carbocycles. The van der Waals surface area contributed by atoms with E-state index in [2.05, 4.69) is 51.7 Å². The van der Waals surface area contributed by atoms with Crippen molar-refractivity contribution in [1.29, 1.82) is 0 Å². The van der Waals surface area contributed by atoms with E-state index in [1.807, 2.05) is 11.3 Å². The van der Waals surface area contributed by atoms with Crippen molar-refractivity contribution in [2.24, 2.45) is 5.73 Å². The van der Waals surface area contributed by atoms with Crippen LogP contribution in [0.15, 0.2) is 12.1 Å². The lowest BCUT2D eigenvalue weighted by Gasteiger charge is -2.46. The number of hydrogen-bond donors (Lipinski definition) is 1. The van der Waals surface area contributed by atoms with Crippen molar-refractivity contribution in [2.45, 2.75) is 58.4 Å². The lowest BCUT2D eigenvalue weighted by atomic mass is 10.00. The largest absolute Gasteiger partial charge is 0.370 e. The minimum absolute atomic E-state index is 0.100. The summed E-state index contributed by atoms with van der Waals surface area (Å²) >= 11 is 1.86. The Hall–Kier alpha value is -0.420. The van der Waals surface area contributed by atoms with E-state index in [1.165, 1.54) is 9.75 Å². The predicted molar refractivity (Wildman–Crippen MR) is 81.6 cm³/mol. The van der Waals surface area contributed by atoms with E-state index in [0.717, 1.165) is 13.1 Å². The standard InChI is InChI=1S/C15H26N2OS/c1-10-8-17(9-15(4,5)18-10)14(12(3)16)13-7-6-11(2)19-13/h6-7,10,12,14H,8-9,16H2,1-5H3. The third-order valence-corrected chi connectivity index (χ3v) is 4.61. The van der Waals surface area contributed by atoms with Gasteiger partial charge in [-0.1, -0.05) is 0 Å². The second-order valence-electron chi connectivity index (χ2n) is 6.37. The molecule has 2 N–H and O–H groups in total. The Morgan fingerprint density at radius 2 is 2.16 bits per heavy atom. The minimum atomic E-state index is -0.100. The molecule has 3 atom stereocenters. The van der Waals surface area contributed by atoms with E-state index >= 15 is 0 Å². The smallest absolute Gasteiger partial charge is 0.0757 e. The van der Waals surface area contributed by atoms with Crippen LogP contribution in [0.4, 0.5) is 0 Å². The van der Waals surface area contributed by atoms with Crippen LogP contribution in [0.3, 0.4) is 0 Å². The van der Waals surface area contributed by atoms with Gasteiger partial charge in [-0.05, 0) is 46.8 Å². The Kier molecular flexibility index (Phi) is 4.35. The average molecular weight is 282 g/mol. The highest BCUT2D eigenvalue weighted by Gasteiger charge is 2.36. The zero-order chi connectivity index (χ0) is 14.2. The molecule has 108 valence electrons. The molecule has 2 rings (SSSR count). The van der Waals surface area contributed by atoms with Crippen LogP contribution >= 0.6 is 11.3 Å². The Balaban J connectivity index is 2.24. The Bertz CT molecular complexity index is 428. The molecule has 3 nitrogen and oxygen atoms in total. The van der Waals surface area contributed by atoms with Crippen molar-refractivity contribution in [3.05, 3.63) is 21.9 Å². The van der Waals surface area contributed by atoms with Gasteiger partial charge in [0.05, 0.1) is 17.7 Å². The second kappa shape index (κ2) is 5.52. The van der Waals surface area contributed by atoms with Gasteiger partial charge in [-0.25, -0.2) is 0 Å². The molecule has 1 aliphatic heterocycles. The predicted octanol–water partition coefficient (Wildman–Crippen LogP) is 2.94. The van der Waals surface area contributed by atoms with Gasteiger partial charge in [-0.3, -0.25) is 4.90 Å². The zero-order valence-electron chi connectivity index (χ0n) is 12.6. The molecular formula is C15H26N2OS. The number of aryl methyl sites for hydroxylation is 1. The van der Waals surface area contributed by atoms with Crippen LogP contribution < -0.4 is 5.73 Å². The molecule has 19 heavy (non-hydrogen) atoms. The number of morpholine rings is 1. The van der Waals surface area contributed by atoms with E-state index in [0.29, 0.717) is 6.04 Å². The van der Waals surface area contributed by atoms with Gasteiger partial charge in [0.2, 0.25) is 0 Å². The number of hydrogen-bond acceptors (Lipinski definition) is 4. The molecule has 1 aromatic heterocycles. The van der Waals surface area contributed by atoms with E-state index in [-0.39, 0.29) is 17.7 Å². The summed E-state index contributed by atoms with van der Waals surface area (Å²) in [6, 6.07) is 4.83. The first kappa shape index (κ1) is 15.0. The number of rotatable bonds is 3. The summed E-state index contributed by atoms with van der Waals surface area (Å²) in [5.74, 6) is 0. The molecule has 1 fully saturated rings. The summed E-state index contributed by atoms with van der Waals surface area (Å²) in [6.45, 7) is 12.6. The highest BCUT2D eigenvalue weighted by atomic mass is 32.1. The van der Waals surface area contributed by atoms with Crippen LogP contribution in [-0.4, -0.2) is 35.7 Å². The van der Waals surface area contributed by atoms with Gasteiger partial charge in [0.15, 0.2) is 0 Å². The van der Waals surface area contributed by atoms with Crippen molar-refractivity contribution < 1.29 is 4.74 Å². The van der Waals surface area contributed by atoms with Gasteiger partial charge >= 0.3 is 0 Å². The lowest BCUT2D eigenvalue weighted by molar-refractivity contribution is -0.139. The fourth-order valence-corrected chi connectivity index (χ4v) is 4.23. The van der Waals surface area contributed by atoms with Gasteiger partial charge in [0.25, 0.3) is 0 Å². The first-order valence-electron chi connectivity index (χ1n) is 7.02. The Labute approximate surface area is 120 Å². The second-order valence-corrected chi connectivity index (χ2v) is 7.69. The highest BCUT2D eigenvalue weighted by Crippen LogP contribution is 2.33. The van der Waals surface area contributed by atoms with Crippen LogP contribution in [0.2, 0.25) is 0 Å². The van der Waals surface area contributed by atoms with Crippen molar-refractivity contribution in [3.8, 4) is 0 Å². The highest BCUT2D eigenvalue weighted by molar-refractivity contribution is 7.12. The molecule has 2 heterocycles. The summed E-state index contributed by atoms with van der Waals surface area (Å²) in [5.41, 5.74) is 6.17. The van der Waals surface area contributed by atoms with E-state index < -0.39 is 0 Å². The fraction of sp³-hybridized carbons (Fsp3) is 0.733. The summed E-state index contributed by atoms with van der Waals surface area (Å²) in [4.78, 5) is 5.21. The van der Waals surface area contributed by atoms with Gasteiger partial charge in [0.1, 0.15) is 0 Å². The van der Waals surface area contributed by atoms with Gasteiger partial charge in [-0.15, -0.1) is 11.3 Å². The molecule has 3 unspecified atom stereocenters. The van der Waals surface area contributed by atoms with Crippen molar-refractivity contribution >= 4 is 11.3 Å². The summed E-state index contributed by atoms with van der Waals surface area (Å²) in [5, 5.41) is 0. The summed E-state index contributed by atoms with van der Waals surface area (Å²) in [7, 11) is 0. The van der Waals surface area contributed by atoms with Crippen LogP contribution in [-0.2, 0) is 4.74 Å². The van der Waals surface area contributed by atoms with Crippen molar-refractivity contribution in [1.82, 2.24) is 4.90 Å². The third kappa shape index (κ3) is 3.57. The third-order valence-electron chi connectivity index (χ3n) is 3.54. The number of ether oxygens (including phenoxy) is 1. The number of nitrogens with zero attached hydrogens (tertiary/aromatic N) is 1.